The molecule has 3 nitrogen and oxygen atoms in total. The summed E-state index contributed by atoms with van der Waals surface area (Å²) in [5.41, 5.74) is -0.0919. The van der Waals surface area contributed by atoms with E-state index < -0.39 is 32.5 Å². The maximum Gasteiger partial charge on any atom is 0.162 e. The van der Waals surface area contributed by atoms with Gasteiger partial charge in [-0.25, -0.2) is 17.2 Å². The van der Waals surface area contributed by atoms with Crippen molar-refractivity contribution in [2.75, 3.05) is 5.75 Å². The van der Waals surface area contributed by atoms with E-state index in [1.165, 1.54) is 12.1 Å². The Morgan fingerprint density at radius 3 is 2.68 bits per heavy atom. The maximum atomic E-state index is 13.4. The van der Waals surface area contributed by atoms with Crippen LogP contribution in [0.15, 0.2) is 18.2 Å². The molecule has 0 radical (unpaired) electrons. The zero-order valence-corrected chi connectivity index (χ0v) is 11.1. The molecular weight excluding hydrogens is 274 g/mol. The molecular formula is C13H14F2O3S. The minimum atomic E-state index is -3.43. The van der Waals surface area contributed by atoms with Gasteiger partial charge in [-0.05, 0) is 24.5 Å². The zero-order valence-electron chi connectivity index (χ0n) is 10.2. The first kappa shape index (κ1) is 14.1. The Morgan fingerprint density at radius 2 is 2.00 bits per heavy atom. The van der Waals surface area contributed by atoms with Crippen molar-refractivity contribution >= 4 is 15.6 Å². The number of rotatable bonds is 3. The Kier molecular flexibility index (Phi) is 3.99. The van der Waals surface area contributed by atoms with Crippen LogP contribution in [0.25, 0.3) is 0 Å². The number of Topliss-reactive ketones (excluding diaryl/α,β-unsaturated/α-hetero) is 1. The Morgan fingerprint density at radius 1 is 1.26 bits per heavy atom. The van der Waals surface area contributed by atoms with E-state index in [0.717, 1.165) is 6.07 Å². The van der Waals surface area contributed by atoms with E-state index in [0.29, 0.717) is 12.8 Å². The van der Waals surface area contributed by atoms with Crippen LogP contribution in [-0.4, -0.2) is 25.2 Å². The molecule has 0 saturated carbocycles. The van der Waals surface area contributed by atoms with E-state index in [4.69, 9.17) is 0 Å². The minimum absolute atomic E-state index is 0.00492. The second kappa shape index (κ2) is 5.36. The Hall–Kier alpha value is -1.30. The summed E-state index contributed by atoms with van der Waals surface area (Å²) < 4.78 is 50.0. The van der Waals surface area contributed by atoms with Gasteiger partial charge in [-0.3, -0.25) is 4.79 Å². The van der Waals surface area contributed by atoms with Crippen LogP contribution in [0.5, 0.6) is 0 Å². The Balaban J connectivity index is 2.19. The van der Waals surface area contributed by atoms with Gasteiger partial charge in [0.15, 0.2) is 27.3 Å². The van der Waals surface area contributed by atoms with Crippen molar-refractivity contribution < 1.29 is 22.0 Å². The highest BCUT2D eigenvalue weighted by Crippen LogP contribution is 2.22. The molecule has 104 valence electrons. The molecule has 0 N–H and O–H groups in total. The van der Waals surface area contributed by atoms with E-state index in [2.05, 4.69) is 0 Å². The number of carbonyl (C=O) groups is 1. The van der Waals surface area contributed by atoms with E-state index in [-0.39, 0.29) is 24.2 Å². The van der Waals surface area contributed by atoms with E-state index in [1.54, 1.807) is 0 Å². The summed E-state index contributed by atoms with van der Waals surface area (Å²) in [5, 5.41) is -1.07. The number of carbonyl (C=O) groups excluding carboxylic acids is 1. The molecule has 19 heavy (non-hydrogen) atoms. The van der Waals surface area contributed by atoms with Crippen molar-refractivity contribution in [2.24, 2.45) is 0 Å². The van der Waals surface area contributed by atoms with Gasteiger partial charge in [-0.15, -0.1) is 0 Å². The molecule has 0 amide bonds. The van der Waals surface area contributed by atoms with Gasteiger partial charge in [0.05, 0.1) is 5.75 Å². The van der Waals surface area contributed by atoms with Gasteiger partial charge in [-0.2, -0.15) is 0 Å². The van der Waals surface area contributed by atoms with Crippen molar-refractivity contribution in [3.63, 3.8) is 0 Å². The molecule has 0 spiro atoms. The summed E-state index contributed by atoms with van der Waals surface area (Å²) in [5.74, 6) is -2.67. The van der Waals surface area contributed by atoms with E-state index in [9.17, 15) is 22.0 Å². The summed E-state index contributed by atoms with van der Waals surface area (Å²) in [6.07, 6.45) is 1.12. The molecule has 1 aliphatic rings. The predicted octanol–water partition coefficient (Wildman–Crippen LogP) is 2.04. The molecule has 1 unspecified atom stereocenters. The molecule has 1 fully saturated rings. The summed E-state index contributed by atoms with van der Waals surface area (Å²) in [7, 11) is -3.43. The minimum Gasteiger partial charge on any atom is -0.298 e. The highest BCUT2D eigenvalue weighted by Gasteiger charge is 2.34. The average molecular weight is 288 g/mol. The van der Waals surface area contributed by atoms with Crippen LogP contribution in [-0.2, 0) is 21.1 Å². The van der Waals surface area contributed by atoms with Crippen LogP contribution >= 0.6 is 0 Å². The maximum absolute atomic E-state index is 13.4. The van der Waals surface area contributed by atoms with Gasteiger partial charge < -0.3 is 0 Å². The van der Waals surface area contributed by atoms with Gasteiger partial charge in [0, 0.05) is 6.42 Å². The molecule has 1 atom stereocenters. The number of halogens is 2. The third-order valence-electron chi connectivity index (χ3n) is 3.33. The summed E-state index contributed by atoms with van der Waals surface area (Å²) in [6, 6.07) is 3.56. The zero-order chi connectivity index (χ0) is 14.0. The van der Waals surface area contributed by atoms with E-state index >= 15 is 0 Å². The highest BCUT2D eigenvalue weighted by atomic mass is 32.2. The van der Waals surface area contributed by atoms with Crippen LogP contribution in [0.3, 0.4) is 0 Å². The van der Waals surface area contributed by atoms with Gasteiger partial charge in [0.2, 0.25) is 0 Å². The van der Waals surface area contributed by atoms with Crippen molar-refractivity contribution in [1.82, 2.24) is 0 Å². The summed E-state index contributed by atoms with van der Waals surface area (Å²) in [4.78, 5) is 12.0. The first-order valence-electron chi connectivity index (χ1n) is 6.09. The summed E-state index contributed by atoms with van der Waals surface area (Å²) in [6.45, 7) is 0. The fourth-order valence-electron chi connectivity index (χ4n) is 2.30. The smallest absolute Gasteiger partial charge is 0.162 e. The lowest BCUT2D eigenvalue weighted by Crippen LogP contribution is -2.36. The molecule has 1 heterocycles. The first-order chi connectivity index (χ1) is 8.92. The van der Waals surface area contributed by atoms with Crippen molar-refractivity contribution in [3.05, 3.63) is 35.4 Å². The predicted molar refractivity (Wildman–Crippen MR) is 66.5 cm³/mol. The van der Waals surface area contributed by atoms with Crippen LogP contribution in [0.4, 0.5) is 8.78 Å². The lowest BCUT2D eigenvalue weighted by molar-refractivity contribution is -0.118. The molecule has 1 saturated heterocycles. The number of benzene rings is 1. The van der Waals surface area contributed by atoms with Gasteiger partial charge in [-0.1, -0.05) is 18.6 Å². The van der Waals surface area contributed by atoms with Crippen molar-refractivity contribution in [1.29, 1.82) is 0 Å². The third-order valence-corrected chi connectivity index (χ3v) is 5.56. The fraction of sp³-hybridized carbons (Fsp3) is 0.462. The van der Waals surface area contributed by atoms with Crippen LogP contribution in [0.2, 0.25) is 0 Å². The second-order valence-corrected chi connectivity index (χ2v) is 7.01. The van der Waals surface area contributed by atoms with E-state index in [1.807, 2.05) is 0 Å². The van der Waals surface area contributed by atoms with Crippen molar-refractivity contribution in [3.8, 4) is 0 Å². The number of hydrogen-bond acceptors (Lipinski definition) is 3. The molecule has 6 heteroatoms. The highest BCUT2D eigenvalue weighted by molar-refractivity contribution is 7.92. The molecule has 1 aromatic carbocycles. The van der Waals surface area contributed by atoms with Crippen LogP contribution < -0.4 is 0 Å². The molecule has 0 aromatic heterocycles. The van der Waals surface area contributed by atoms with Gasteiger partial charge in [0.25, 0.3) is 0 Å². The standard InChI is InChI=1S/C13H14F2O3S/c14-10-5-3-4-9(13(10)15)8-11(16)12-6-1-2-7-19(12,17)18/h3-5,12H,1-2,6-8H2. The Bertz CT molecular complexity index is 596. The average Bonchev–Trinajstić information content (AvgIpc) is 2.34. The Labute approximate surface area is 110 Å². The molecule has 2 rings (SSSR count). The number of sulfone groups is 1. The molecule has 1 aliphatic heterocycles. The van der Waals surface area contributed by atoms with Crippen LogP contribution in [0.1, 0.15) is 24.8 Å². The van der Waals surface area contributed by atoms with Crippen molar-refractivity contribution in [2.45, 2.75) is 30.9 Å². The SMILES string of the molecule is O=C(Cc1cccc(F)c1F)C1CCCCS1(=O)=O. The lowest BCUT2D eigenvalue weighted by Gasteiger charge is -2.21. The molecule has 0 bridgehead atoms. The largest absolute Gasteiger partial charge is 0.298 e. The van der Waals surface area contributed by atoms with Gasteiger partial charge in [0.1, 0.15) is 5.25 Å². The summed E-state index contributed by atoms with van der Waals surface area (Å²) >= 11 is 0. The molecule has 1 aromatic rings. The lowest BCUT2D eigenvalue weighted by atomic mass is 10.0. The third kappa shape index (κ3) is 3.00. The number of ketones is 1. The molecule has 0 aliphatic carbocycles. The number of hydrogen-bond donors (Lipinski definition) is 0. The quantitative estimate of drug-likeness (QED) is 0.855. The normalized spacial score (nSPS) is 22.1. The fourth-order valence-corrected chi connectivity index (χ4v) is 4.20. The first-order valence-corrected chi connectivity index (χ1v) is 7.80. The van der Waals surface area contributed by atoms with Crippen LogP contribution in [0, 0.1) is 11.6 Å². The monoisotopic (exact) mass is 288 g/mol. The topological polar surface area (TPSA) is 51.2 Å². The second-order valence-electron chi connectivity index (χ2n) is 4.71. The van der Waals surface area contributed by atoms with Gasteiger partial charge >= 0.3 is 0 Å².